The third-order valence-corrected chi connectivity index (χ3v) is 6.36. The summed E-state index contributed by atoms with van der Waals surface area (Å²) in [4.78, 5) is 7.78. The molecule has 0 unspecified atom stereocenters. The summed E-state index contributed by atoms with van der Waals surface area (Å²) in [6.07, 6.45) is 2.30. The van der Waals surface area contributed by atoms with Crippen molar-refractivity contribution in [2.75, 3.05) is 6.54 Å². The Balaban J connectivity index is 1.79. The van der Waals surface area contributed by atoms with Crippen molar-refractivity contribution in [3.8, 4) is 22.6 Å². The molecule has 0 aliphatic heterocycles. The van der Waals surface area contributed by atoms with Crippen molar-refractivity contribution in [3.05, 3.63) is 102 Å². The van der Waals surface area contributed by atoms with E-state index in [1.54, 1.807) is 0 Å². The largest absolute Gasteiger partial charge is 0.326 e. The van der Waals surface area contributed by atoms with E-state index in [2.05, 4.69) is 115 Å². The molecule has 0 aliphatic rings. The van der Waals surface area contributed by atoms with Crippen LogP contribution in [0, 0.1) is 6.92 Å². The van der Waals surface area contributed by atoms with Crippen LogP contribution < -0.4 is 0 Å². The number of rotatable bonds is 10. The van der Waals surface area contributed by atoms with Crippen LogP contribution >= 0.6 is 0 Å². The molecule has 0 aliphatic carbocycles. The average molecular weight is 438 g/mol. The maximum absolute atomic E-state index is 5.25. The van der Waals surface area contributed by atoms with Crippen molar-refractivity contribution in [3.63, 3.8) is 0 Å². The fourth-order valence-electron chi connectivity index (χ4n) is 4.36. The summed E-state index contributed by atoms with van der Waals surface area (Å²) in [5.41, 5.74) is 7.52. The van der Waals surface area contributed by atoms with Gasteiger partial charge in [0.15, 0.2) is 0 Å². The molecule has 0 bridgehead atoms. The van der Waals surface area contributed by atoms with Crippen molar-refractivity contribution >= 4 is 0 Å². The summed E-state index contributed by atoms with van der Waals surface area (Å²) in [6, 6.07) is 30.0. The highest BCUT2D eigenvalue weighted by Gasteiger charge is 2.21. The molecule has 0 saturated heterocycles. The SMILES string of the molecule is CCCCn1c(-c2ccccc2)nc(-c2ccccc2)c1CN(CC)Cc1ccccc1C. The number of benzene rings is 3. The molecule has 0 amide bonds. The van der Waals surface area contributed by atoms with E-state index in [0.29, 0.717) is 0 Å². The number of aryl methyl sites for hydroxylation is 1. The molecule has 170 valence electrons. The molecule has 0 radical (unpaired) electrons. The van der Waals surface area contributed by atoms with Crippen molar-refractivity contribution in [2.24, 2.45) is 0 Å². The predicted octanol–water partition coefficient (Wildman–Crippen LogP) is 7.35. The molecular formula is C30H35N3. The summed E-state index contributed by atoms with van der Waals surface area (Å²) < 4.78 is 2.47. The van der Waals surface area contributed by atoms with E-state index in [-0.39, 0.29) is 0 Å². The Morgan fingerprint density at radius 2 is 1.39 bits per heavy atom. The first-order valence-corrected chi connectivity index (χ1v) is 12.2. The molecule has 0 saturated carbocycles. The van der Waals surface area contributed by atoms with Gasteiger partial charge in [-0.15, -0.1) is 0 Å². The molecule has 3 heteroatoms. The van der Waals surface area contributed by atoms with Crippen LogP contribution in [0.2, 0.25) is 0 Å². The van der Waals surface area contributed by atoms with Crippen LogP contribution in [0.25, 0.3) is 22.6 Å². The lowest BCUT2D eigenvalue weighted by molar-refractivity contribution is 0.264. The van der Waals surface area contributed by atoms with Gasteiger partial charge in [0.2, 0.25) is 0 Å². The van der Waals surface area contributed by atoms with Gasteiger partial charge in [-0.2, -0.15) is 0 Å². The lowest BCUT2D eigenvalue weighted by Crippen LogP contribution is -2.25. The van der Waals surface area contributed by atoms with Gasteiger partial charge in [0.05, 0.1) is 11.4 Å². The first kappa shape index (κ1) is 23.0. The number of hydrogen-bond acceptors (Lipinski definition) is 2. The highest BCUT2D eigenvalue weighted by molar-refractivity contribution is 5.68. The second kappa shape index (κ2) is 11.1. The monoisotopic (exact) mass is 437 g/mol. The van der Waals surface area contributed by atoms with Gasteiger partial charge >= 0.3 is 0 Å². The van der Waals surface area contributed by atoms with Crippen LogP contribution in [0.1, 0.15) is 43.5 Å². The van der Waals surface area contributed by atoms with Crippen LogP contribution in [0.15, 0.2) is 84.9 Å². The first-order valence-electron chi connectivity index (χ1n) is 12.2. The van der Waals surface area contributed by atoms with Gasteiger partial charge in [-0.1, -0.05) is 105 Å². The van der Waals surface area contributed by atoms with Crippen LogP contribution in [0.4, 0.5) is 0 Å². The Hall–Kier alpha value is -3.17. The van der Waals surface area contributed by atoms with Crippen LogP contribution in [0.5, 0.6) is 0 Å². The minimum atomic E-state index is 0.874. The van der Waals surface area contributed by atoms with Crippen molar-refractivity contribution in [2.45, 2.75) is 53.2 Å². The van der Waals surface area contributed by atoms with Crippen molar-refractivity contribution in [1.82, 2.24) is 14.5 Å². The van der Waals surface area contributed by atoms with Gasteiger partial charge < -0.3 is 4.57 Å². The molecule has 3 nitrogen and oxygen atoms in total. The molecule has 4 aromatic rings. The number of unbranched alkanes of at least 4 members (excludes halogenated alkanes) is 1. The standard InChI is InChI=1S/C30H35N3/c1-4-6-21-33-28(23-32(5-2)22-27-20-14-13-15-24(27)3)29(25-16-9-7-10-17-25)31-30(33)26-18-11-8-12-19-26/h7-20H,4-6,21-23H2,1-3H3. The molecule has 0 spiro atoms. The Kier molecular flexibility index (Phi) is 7.74. The van der Waals surface area contributed by atoms with Gasteiger partial charge in [-0.25, -0.2) is 4.98 Å². The second-order valence-corrected chi connectivity index (χ2v) is 8.70. The molecule has 3 aromatic carbocycles. The highest BCUT2D eigenvalue weighted by atomic mass is 15.2. The third-order valence-electron chi connectivity index (χ3n) is 6.36. The fourth-order valence-corrected chi connectivity index (χ4v) is 4.36. The molecule has 0 atom stereocenters. The number of hydrogen-bond donors (Lipinski definition) is 0. The van der Waals surface area contributed by atoms with E-state index < -0.39 is 0 Å². The number of aromatic nitrogens is 2. The predicted molar refractivity (Wildman–Crippen MR) is 139 cm³/mol. The second-order valence-electron chi connectivity index (χ2n) is 8.70. The highest BCUT2D eigenvalue weighted by Crippen LogP contribution is 2.31. The Morgan fingerprint density at radius 3 is 2.03 bits per heavy atom. The molecule has 33 heavy (non-hydrogen) atoms. The van der Waals surface area contributed by atoms with E-state index in [4.69, 9.17) is 4.98 Å². The van der Waals surface area contributed by atoms with E-state index >= 15 is 0 Å². The normalized spacial score (nSPS) is 11.3. The zero-order valence-corrected chi connectivity index (χ0v) is 20.2. The maximum atomic E-state index is 5.25. The van der Waals surface area contributed by atoms with E-state index in [0.717, 1.165) is 50.5 Å². The lowest BCUT2D eigenvalue weighted by Gasteiger charge is -2.23. The van der Waals surface area contributed by atoms with E-state index in [1.165, 1.54) is 27.9 Å². The average Bonchev–Trinajstić information content (AvgIpc) is 3.22. The summed E-state index contributed by atoms with van der Waals surface area (Å²) in [5.74, 6) is 1.07. The maximum Gasteiger partial charge on any atom is 0.140 e. The topological polar surface area (TPSA) is 21.1 Å². The van der Waals surface area contributed by atoms with Gasteiger partial charge in [-0.05, 0) is 31.0 Å². The van der Waals surface area contributed by atoms with Gasteiger partial charge in [0.1, 0.15) is 5.82 Å². The fraction of sp³-hybridized carbons (Fsp3) is 0.300. The Labute approximate surface area is 198 Å². The van der Waals surface area contributed by atoms with Crippen molar-refractivity contribution < 1.29 is 0 Å². The minimum Gasteiger partial charge on any atom is -0.326 e. The number of nitrogens with zero attached hydrogens (tertiary/aromatic N) is 3. The zero-order chi connectivity index (χ0) is 23.0. The summed E-state index contributed by atoms with van der Waals surface area (Å²) in [7, 11) is 0. The quantitative estimate of drug-likeness (QED) is 0.259. The molecular weight excluding hydrogens is 402 g/mol. The summed E-state index contributed by atoms with van der Waals surface area (Å²) in [5, 5.41) is 0. The van der Waals surface area contributed by atoms with E-state index in [1.807, 2.05) is 0 Å². The van der Waals surface area contributed by atoms with Crippen molar-refractivity contribution in [1.29, 1.82) is 0 Å². The van der Waals surface area contributed by atoms with Crippen LogP contribution in [-0.4, -0.2) is 21.0 Å². The minimum absolute atomic E-state index is 0.874. The van der Waals surface area contributed by atoms with Gasteiger partial charge in [0, 0.05) is 30.8 Å². The Bertz CT molecular complexity index is 1150. The smallest absolute Gasteiger partial charge is 0.140 e. The Morgan fingerprint density at radius 1 is 0.758 bits per heavy atom. The molecule has 1 aromatic heterocycles. The van der Waals surface area contributed by atoms with Crippen LogP contribution in [0.3, 0.4) is 0 Å². The first-order chi connectivity index (χ1) is 16.2. The molecule has 1 heterocycles. The zero-order valence-electron chi connectivity index (χ0n) is 20.2. The lowest BCUT2D eigenvalue weighted by atomic mass is 10.1. The molecule has 0 fully saturated rings. The summed E-state index contributed by atoms with van der Waals surface area (Å²) in [6.45, 7) is 10.5. The third kappa shape index (κ3) is 5.43. The molecule has 0 N–H and O–H groups in total. The number of imidazole rings is 1. The van der Waals surface area contributed by atoms with E-state index in [9.17, 15) is 0 Å². The van der Waals surface area contributed by atoms with Crippen LogP contribution in [-0.2, 0) is 19.6 Å². The summed E-state index contributed by atoms with van der Waals surface area (Å²) >= 11 is 0. The molecule has 4 rings (SSSR count). The van der Waals surface area contributed by atoms with Gasteiger partial charge in [0.25, 0.3) is 0 Å². The van der Waals surface area contributed by atoms with Gasteiger partial charge in [-0.3, -0.25) is 4.90 Å².